The van der Waals surface area contributed by atoms with Gasteiger partial charge in [-0.05, 0) is 67.5 Å². The van der Waals surface area contributed by atoms with Gasteiger partial charge in [0, 0.05) is 11.6 Å². The van der Waals surface area contributed by atoms with Crippen LogP contribution in [0.1, 0.15) is 46.4 Å². The molecule has 8 heteroatoms. The molecular weight excluding hydrogens is 402 g/mol. The Hall–Kier alpha value is -3.26. The number of nitrogens with zero attached hydrogens (tertiary/aromatic N) is 1. The van der Waals surface area contributed by atoms with Gasteiger partial charge in [-0.1, -0.05) is 12.8 Å². The molecule has 1 aliphatic rings. The first-order valence-electron chi connectivity index (χ1n) is 9.76. The lowest BCUT2D eigenvalue weighted by Crippen LogP contribution is -2.32. The fraction of sp³-hybridized carbons (Fsp3) is 0.273. The fourth-order valence-corrected chi connectivity index (χ4v) is 4.10. The summed E-state index contributed by atoms with van der Waals surface area (Å²) in [6.07, 6.45) is 4.33. The number of aromatic amines is 1. The second-order valence-corrected chi connectivity index (χ2v) is 7.71. The van der Waals surface area contributed by atoms with Crippen molar-refractivity contribution in [1.82, 2.24) is 14.9 Å². The number of aromatic nitrogens is 2. The molecule has 1 aromatic heterocycles. The first-order valence-corrected chi connectivity index (χ1v) is 10.2. The summed E-state index contributed by atoms with van der Waals surface area (Å²) in [6, 6.07) is 11.6. The monoisotopic (exact) mass is 423 g/mol. The molecule has 4 rings (SSSR count). The summed E-state index contributed by atoms with van der Waals surface area (Å²) in [5, 5.41) is 3.44. The number of hydrogen-bond acceptors (Lipinski definition) is 5. The zero-order valence-electron chi connectivity index (χ0n) is 16.4. The number of benzene rings is 2. The molecule has 1 amide bonds. The first kappa shape index (κ1) is 20.0. The Morgan fingerprint density at radius 3 is 2.43 bits per heavy atom. The van der Waals surface area contributed by atoms with Gasteiger partial charge in [0.25, 0.3) is 11.5 Å². The van der Waals surface area contributed by atoms with Crippen molar-refractivity contribution in [2.75, 3.05) is 7.11 Å². The minimum Gasteiger partial charge on any atom is -0.465 e. The van der Waals surface area contributed by atoms with Crippen LogP contribution in [-0.4, -0.2) is 34.6 Å². The summed E-state index contributed by atoms with van der Waals surface area (Å²) in [5.41, 5.74) is 1.56. The summed E-state index contributed by atoms with van der Waals surface area (Å²) in [4.78, 5) is 40.2. The van der Waals surface area contributed by atoms with E-state index in [1.54, 1.807) is 36.4 Å². The van der Waals surface area contributed by atoms with Gasteiger partial charge < -0.3 is 15.0 Å². The minimum atomic E-state index is -0.494. The normalized spacial score (nSPS) is 14.0. The van der Waals surface area contributed by atoms with Gasteiger partial charge in [-0.2, -0.15) is 0 Å². The van der Waals surface area contributed by atoms with Gasteiger partial charge in [0.1, 0.15) is 0 Å². The maximum atomic E-state index is 13.0. The van der Waals surface area contributed by atoms with Crippen LogP contribution in [0, 0.1) is 4.77 Å². The topological polar surface area (TPSA) is 93.2 Å². The quantitative estimate of drug-likeness (QED) is 0.495. The number of ether oxygens (including phenoxy) is 1. The lowest BCUT2D eigenvalue weighted by atomic mass is 10.1. The molecule has 1 heterocycles. The number of esters is 1. The number of fused-ring (bicyclic) bond motifs is 1. The average Bonchev–Trinajstić information content (AvgIpc) is 3.26. The summed E-state index contributed by atoms with van der Waals surface area (Å²) in [7, 11) is 1.30. The van der Waals surface area contributed by atoms with Crippen LogP contribution in [0.25, 0.3) is 16.6 Å². The molecule has 0 atom stereocenters. The Kier molecular flexibility index (Phi) is 5.50. The van der Waals surface area contributed by atoms with Crippen LogP contribution in [0.15, 0.2) is 47.3 Å². The SMILES string of the molecule is COC(=O)c1ccc2c(=O)n(-c3ccc(C(=O)NC4CCCC4)cc3)c(=S)[nH]c2c1. The van der Waals surface area contributed by atoms with Crippen LogP contribution in [0.5, 0.6) is 0 Å². The van der Waals surface area contributed by atoms with Crippen molar-refractivity contribution in [2.45, 2.75) is 31.7 Å². The van der Waals surface area contributed by atoms with Crippen LogP contribution >= 0.6 is 12.2 Å². The molecule has 1 fully saturated rings. The number of nitrogens with one attached hydrogen (secondary N) is 2. The molecule has 2 N–H and O–H groups in total. The molecular formula is C22H21N3O4S. The smallest absolute Gasteiger partial charge is 0.337 e. The predicted octanol–water partition coefficient (Wildman–Crippen LogP) is 3.51. The van der Waals surface area contributed by atoms with Crippen molar-refractivity contribution >= 4 is 35.0 Å². The first-order chi connectivity index (χ1) is 14.5. The van der Waals surface area contributed by atoms with Gasteiger partial charge in [0.2, 0.25) is 0 Å². The number of H-pyrrole nitrogens is 1. The molecule has 0 spiro atoms. The minimum absolute atomic E-state index is 0.111. The summed E-state index contributed by atoms with van der Waals surface area (Å²) in [6.45, 7) is 0. The standard InChI is InChI=1S/C22H21N3O4S/c1-29-21(28)14-8-11-17-18(12-14)24-22(30)25(20(17)27)16-9-6-13(7-10-16)19(26)23-15-4-2-3-5-15/h6-12,15H,2-5H2,1H3,(H,23,26)(H,24,30). The zero-order valence-corrected chi connectivity index (χ0v) is 17.3. The van der Waals surface area contributed by atoms with Crippen LogP contribution in [0.2, 0.25) is 0 Å². The van der Waals surface area contributed by atoms with Gasteiger partial charge in [-0.25, -0.2) is 4.79 Å². The molecule has 1 aliphatic carbocycles. The van der Waals surface area contributed by atoms with Crippen molar-refractivity contribution < 1.29 is 14.3 Å². The fourth-order valence-electron chi connectivity index (χ4n) is 3.80. The van der Waals surface area contributed by atoms with Crippen LogP contribution in [0.4, 0.5) is 0 Å². The number of rotatable bonds is 4. The van der Waals surface area contributed by atoms with Crippen molar-refractivity contribution in [2.24, 2.45) is 0 Å². The zero-order chi connectivity index (χ0) is 21.3. The van der Waals surface area contributed by atoms with Crippen molar-refractivity contribution in [3.8, 4) is 5.69 Å². The lowest BCUT2D eigenvalue weighted by molar-refractivity contribution is 0.0600. The summed E-state index contributed by atoms with van der Waals surface area (Å²) < 4.78 is 6.28. The molecule has 2 aromatic carbocycles. The van der Waals surface area contributed by atoms with E-state index in [-0.39, 0.29) is 22.3 Å². The average molecular weight is 423 g/mol. The number of carbonyl (C=O) groups excluding carboxylic acids is 2. The predicted molar refractivity (Wildman–Crippen MR) is 116 cm³/mol. The Morgan fingerprint density at radius 2 is 1.77 bits per heavy atom. The van der Waals surface area contributed by atoms with E-state index < -0.39 is 5.97 Å². The van der Waals surface area contributed by atoms with Gasteiger partial charge >= 0.3 is 5.97 Å². The number of carbonyl (C=O) groups is 2. The summed E-state index contributed by atoms with van der Waals surface area (Å²) >= 11 is 5.38. The molecule has 154 valence electrons. The highest BCUT2D eigenvalue weighted by atomic mass is 32.1. The third-order valence-corrected chi connectivity index (χ3v) is 5.68. The number of methoxy groups -OCH3 is 1. The maximum absolute atomic E-state index is 13.0. The molecule has 0 bridgehead atoms. The number of hydrogen-bond donors (Lipinski definition) is 2. The van der Waals surface area contributed by atoms with Gasteiger partial charge in [-0.3, -0.25) is 14.2 Å². The molecule has 1 saturated carbocycles. The molecule has 0 radical (unpaired) electrons. The number of amides is 1. The van der Waals surface area contributed by atoms with E-state index in [9.17, 15) is 14.4 Å². The van der Waals surface area contributed by atoms with E-state index >= 15 is 0 Å². The van der Waals surface area contributed by atoms with E-state index in [0.29, 0.717) is 27.7 Å². The van der Waals surface area contributed by atoms with Crippen molar-refractivity contribution in [3.05, 3.63) is 68.7 Å². The van der Waals surface area contributed by atoms with Gasteiger partial charge in [0.05, 0.1) is 29.3 Å². The van der Waals surface area contributed by atoms with E-state index in [2.05, 4.69) is 10.3 Å². The van der Waals surface area contributed by atoms with Crippen molar-refractivity contribution in [3.63, 3.8) is 0 Å². The van der Waals surface area contributed by atoms with E-state index in [1.807, 2.05) is 0 Å². The molecule has 3 aromatic rings. The highest BCUT2D eigenvalue weighted by Gasteiger charge is 2.18. The summed E-state index contributed by atoms with van der Waals surface area (Å²) in [5.74, 6) is -0.605. The molecule has 0 saturated heterocycles. The van der Waals surface area contributed by atoms with Crippen molar-refractivity contribution in [1.29, 1.82) is 0 Å². The highest BCUT2D eigenvalue weighted by Crippen LogP contribution is 2.19. The van der Waals surface area contributed by atoms with Crippen LogP contribution in [-0.2, 0) is 4.74 Å². The van der Waals surface area contributed by atoms with Gasteiger partial charge in [0.15, 0.2) is 4.77 Å². The highest BCUT2D eigenvalue weighted by molar-refractivity contribution is 7.71. The Labute approximate surface area is 177 Å². The van der Waals surface area contributed by atoms with E-state index in [0.717, 1.165) is 25.7 Å². The second-order valence-electron chi connectivity index (χ2n) is 7.32. The third kappa shape index (κ3) is 3.78. The molecule has 0 aliphatic heterocycles. The Morgan fingerprint density at radius 1 is 1.10 bits per heavy atom. The largest absolute Gasteiger partial charge is 0.465 e. The van der Waals surface area contributed by atoms with Gasteiger partial charge in [-0.15, -0.1) is 0 Å². The third-order valence-electron chi connectivity index (χ3n) is 5.40. The molecule has 0 unspecified atom stereocenters. The maximum Gasteiger partial charge on any atom is 0.337 e. The van der Waals surface area contributed by atoms with Crippen LogP contribution < -0.4 is 10.9 Å². The Balaban J connectivity index is 1.67. The molecule has 30 heavy (non-hydrogen) atoms. The van der Waals surface area contributed by atoms with Crippen LogP contribution in [0.3, 0.4) is 0 Å². The lowest BCUT2D eigenvalue weighted by Gasteiger charge is -2.13. The molecule has 7 nitrogen and oxygen atoms in total. The Bertz CT molecular complexity index is 1240. The van der Waals surface area contributed by atoms with E-state index in [1.165, 1.54) is 17.7 Å². The second kappa shape index (κ2) is 8.23. The van der Waals surface area contributed by atoms with E-state index in [4.69, 9.17) is 17.0 Å².